The molecule has 2 aliphatic heterocycles. The number of methoxy groups -OCH3 is 1. The van der Waals surface area contributed by atoms with Crippen LogP contribution >= 0.6 is 46.4 Å². The van der Waals surface area contributed by atoms with Gasteiger partial charge >= 0.3 is 0 Å². The maximum Gasteiger partial charge on any atom is 0.251 e. The molecule has 10 nitrogen and oxygen atoms in total. The van der Waals surface area contributed by atoms with Crippen molar-refractivity contribution in [2.24, 2.45) is 0 Å². The number of amides is 2. The second-order valence-electron chi connectivity index (χ2n) is 17.6. The van der Waals surface area contributed by atoms with Gasteiger partial charge in [-0.2, -0.15) is 0 Å². The van der Waals surface area contributed by atoms with Crippen molar-refractivity contribution in [1.29, 1.82) is 0 Å². The van der Waals surface area contributed by atoms with E-state index in [-0.39, 0.29) is 49.5 Å². The second kappa shape index (κ2) is 21.3. The standard InChI is InChI=1S/C29H21Cl2NO4.C28H25Cl2NO4/c1-16-2-4-17(5-3-16)10-11-32-29(35)19-8-6-18(7-9-19)28-20-12-22(30)24(33)14-26(20)36-27-15-25(34)23(31)13-21(27)28;1-34-26-15-25-20(13-22(26)30)27(19-12-21(29)23(32)14-24(19)35-25)16-8-10-17(11-9-16)28(33)31-18-6-4-2-3-5-7-18/h2-9,12-15,33H,10-11H2,1H3,(H,32,35);8-15,18H,2-7H2,1H3,(H,31,33). The van der Waals surface area contributed by atoms with Gasteiger partial charge in [0, 0.05) is 81.0 Å². The van der Waals surface area contributed by atoms with Gasteiger partial charge in [-0.05, 0) is 91.4 Å². The van der Waals surface area contributed by atoms with E-state index in [2.05, 4.69) is 34.9 Å². The number of fused-ring (bicyclic) bond motifs is 4. The maximum atomic E-state index is 12.9. The first-order valence-corrected chi connectivity index (χ1v) is 24.6. The van der Waals surface area contributed by atoms with Gasteiger partial charge in [-0.25, -0.2) is 0 Å². The van der Waals surface area contributed by atoms with Crippen molar-refractivity contribution in [2.45, 2.75) is 57.9 Å². The molecule has 0 radical (unpaired) electrons. The summed E-state index contributed by atoms with van der Waals surface area (Å²) in [4.78, 5) is 49.9. The van der Waals surface area contributed by atoms with Crippen LogP contribution in [0.15, 0.2) is 140 Å². The Morgan fingerprint density at radius 3 is 1.66 bits per heavy atom. The zero-order valence-electron chi connectivity index (χ0n) is 38.6. The minimum atomic E-state index is -0.367. The average molecular weight is 1030 g/mol. The Kier molecular flexibility index (Phi) is 14.7. The van der Waals surface area contributed by atoms with E-state index < -0.39 is 0 Å². The Balaban J connectivity index is 0.000000176. The van der Waals surface area contributed by atoms with Crippen LogP contribution in [0.5, 0.6) is 11.5 Å². The molecule has 0 unspecified atom stereocenters. The second-order valence-corrected chi connectivity index (χ2v) is 19.2. The van der Waals surface area contributed by atoms with Gasteiger partial charge in [-0.1, -0.05) is 126 Å². The maximum absolute atomic E-state index is 12.9. The number of carbonyl (C=O) groups is 2. The van der Waals surface area contributed by atoms with Gasteiger partial charge in [-0.15, -0.1) is 0 Å². The molecule has 10 rings (SSSR count). The molecule has 5 aromatic rings. The third kappa shape index (κ3) is 10.8. The van der Waals surface area contributed by atoms with Gasteiger partial charge in [-0.3, -0.25) is 19.2 Å². The summed E-state index contributed by atoms with van der Waals surface area (Å²) in [5.41, 5.74) is 8.12. The van der Waals surface area contributed by atoms with E-state index in [4.69, 9.17) is 60.0 Å². The fourth-order valence-electron chi connectivity index (χ4n) is 9.02. The molecule has 3 aliphatic carbocycles. The molecule has 71 heavy (non-hydrogen) atoms. The van der Waals surface area contributed by atoms with Crippen LogP contribution in [-0.2, 0) is 6.42 Å². The summed E-state index contributed by atoms with van der Waals surface area (Å²) >= 11 is 25.0. The summed E-state index contributed by atoms with van der Waals surface area (Å²) in [7, 11) is 1.53. The van der Waals surface area contributed by atoms with Crippen LogP contribution in [0.1, 0.15) is 70.4 Å². The number of aromatic hydroxyl groups is 1. The van der Waals surface area contributed by atoms with Gasteiger partial charge in [0.2, 0.25) is 10.9 Å². The highest BCUT2D eigenvalue weighted by Gasteiger charge is 2.23. The van der Waals surface area contributed by atoms with Crippen molar-refractivity contribution in [1.82, 2.24) is 10.6 Å². The van der Waals surface area contributed by atoms with Gasteiger partial charge in [0.1, 0.15) is 34.2 Å². The van der Waals surface area contributed by atoms with Crippen LogP contribution in [0.4, 0.5) is 0 Å². The Labute approximate surface area is 428 Å². The Hall–Kier alpha value is -6.82. The fourth-order valence-corrected chi connectivity index (χ4v) is 9.75. The molecule has 1 fully saturated rings. The van der Waals surface area contributed by atoms with Gasteiger partial charge in [0.05, 0.1) is 27.2 Å². The SMILES string of the molecule is COc1cc2oc3cc(=O)c(Cl)cc-3c(-c3ccc(C(=O)NC4CCCCCC4)cc3)c2cc1Cl.Cc1ccc(CCNC(=O)c2ccc(-c3c4cc(Cl)c(=O)cc-4oc4cc(O)c(Cl)cc34)cc2)cc1. The first kappa shape index (κ1) is 49.2. The van der Waals surface area contributed by atoms with E-state index in [0.29, 0.717) is 67.6 Å². The molecule has 0 bridgehead atoms. The number of hydrogen-bond donors (Lipinski definition) is 3. The lowest BCUT2D eigenvalue weighted by atomic mass is 9.93. The lowest BCUT2D eigenvalue weighted by Gasteiger charge is -2.18. The lowest BCUT2D eigenvalue weighted by molar-refractivity contribution is 0.0930. The number of hydrogen-bond acceptors (Lipinski definition) is 8. The van der Waals surface area contributed by atoms with E-state index in [0.717, 1.165) is 65.3 Å². The molecule has 0 aromatic heterocycles. The van der Waals surface area contributed by atoms with Crippen LogP contribution < -0.4 is 26.2 Å². The smallest absolute Gasteiger partial charge is 0.251 e. The summed E-state index contributed by atoms with van der Waals surface area (Å²) in [5.74, 6) is 0.835. The molecule has 0 saturated heterocycles. The number of phenols is 1. The van der Waals surface area contributed by atoms with Crippen LogP contribution in [0, 0.1) is 6.92 Å². The molecule has 3 N–H and O–H groups in total. The van der Waals surface area contributed by atoms with E-state index in [1.807, 2.05) is 43.3 Å². The molecule has 2 amide bonds. The number of phenolic OH excluding ortho intramolecular Hbond substituents is 1. The summed E-state index contributed by atoms with van der Waals surface area (Å²) < 4.78 is 17.3. The molecule has 0 atom stereocenters. The molecular formula is C57H46Cl4N2O8. The van der Waals surface area contributed by atoms with Crippen molar-refractivity contribution < 1.29 is 28.3 Å². The summed E-state index contributed by atoms with van der Waals surface area (Å²) in [6.07, 6.45) is 7.59. The van der Waals surface area contributed by atoms with Gasteiger partial charge in [0.25, 0.3) is 11.8 Å². The zero-order valence-corrected chi connectivity index (χ0v) is 41.6. The van der Waals surface area contributed by atoms with Crippen molar-refractivity contribution >= 4 is 80.2 Å². The number of nitrogens with one attached hydrogen (secondary N) is 2. The van der Waals surface area contributed by atoms with E-state index >= 15 is 0 Å². The van der Waals surface area contributed by atoms with Crippen LogP contribution in [-0.4, -0.2) is 36.6 Å². The molecule has 5 aromatic carbocycles. The van der Waals surface area contributed by atoms with Crippen LogP contribution in [0.2, 0.25) is 20.1 Å². The highest BCUT2D eigenvalue weighted by molar-refractivity contribution is 6.34. The third-order valence-electron chi connectivity index (χ3n) is 12.8. The van der Waals surface area contributed by atoms with Crippen LogP contribution in [0.3, 0.4) is 0 Å². The minimum absolute atomic E-state index is 0.0620. The highest BCUT2D eigenvalue weighted by Crippen LogP contribution is 2.45. The summed E-state index contributed by atoms with van der Waals surface area (Å²) in [6, 6.07) is 35.4. The number of aryl methyl sites for hydroxylation is 1. The largest absolute Gasteiger partial charge is 0.506 e. The monoisotopic (exact) mass is 1030 g/mol. The molecule has 5 aliphatic rings. The van der Waals surface area contributed by atoms with Crippen molar-refractivity contribution in [2.75, 3.05) is 13.7 Å². The third-order valence-corrected chi connectivity index (χ3v) is 14.0. The van der Waals surface area contributed by atoms with Crippen molar-refractivity contribution in [3.8, 4) is 56.4 Å². The number of halogens is 4. The zero-order chi connectivity index (χ0) is 49.9. The quantitative estimate of drug-likeness (QED) is 0.0956. The highest BCUT2D eigenvalue weighted by atomic mass is 35.5. The lowest BCUT2D eigenvalue weighted by Crippen LogP contribution is -2.34. The summed E-state index contributed by atoms with van der Waals surface area (Å²) in [6.45, 7) is 2.57. The van der Waals surface area contributed by atoms with Crippen molar-refractivity contribution in [3.05, 3.63) is 184 Å². The molecule has 0 spiro atoms. The van der Waals surface area contributed by atoms with Gasteiger partial charge in [0.15, 0.2) is 0 Å². The van der Waals surface area contributed by atoms with E-state index in [1.165, 1.54) is 43.7 Å². The number of ether oxygens (including phenoxy) is 1. The van der Waals surface area contributed by atoms with E-state index in [1.54, 1.807) is 42.5 Å². The molecule has 1 saturated carbocycles. The summed E-state index contributed by atoms with van der Waals surface area (Å²) in [5, 5.41) is 18.4. The Morgan fingerprint density at radius 2 is 1.13 bits per heavy atom. The molecule has 360 valence electrons. The number of carbonyl (C=O) groups excluding carboxylic acids is 2. The fraction of sp³-hybridized carbons (Fsp3) is 0.193. The molecular weight excluding hydrogens is 982 g/mol. The predicted molar refractivity (Wildman–Crippen MR) is 284 cm³/mol. The Morgan fingerprint density at radius 1 is 0.620 bits per heavy atom. The number of benzene rings is 7. The average Bonchev–Trinajstić information content (AvgIpc) is 3.63. The normalized spacial score (nSPS) is 12.9. The topological polar surface area (TPSA) is 148 Å². The Bertz CT molecular complexity index is 3510. The van der Waals surface area contributed by atoms with Gasteiger partial charge < -0.3 is 29.3 Å². The first-order chi connectivity index (χ1) is 34.2. The molecule has 14 heteroatoms. The predicted octanol–water partition coefficient (Wildman–Crippen LogP) is 14.2. The van der Waals surface area contributed by atoms with Crippen molar-refractivity contribution in [3.63, 3.8) is 0 Å². The van der Waals surface area contributed by atoms with E-state index in [9.17, 15) is 24.3 Å². The van der Waals surface area contributed by atoms with Crippen LogP contribution in [0.25, 0.3) is 66.8 Å². The number of rotatable bonds is 9. The minimum Gasteiger partial charge on any atom is -0.506 e. The molecule has 2 heterocycles. The first-order valence-electron chi connectivity index (χ1n) is 23.1.